The van der Waals surface area contributed by atoms with E-state index in [0.717, 1.165) is 30.7 Å². The zero-order chi connectivity index (χ0) is 14.8. The second-order valence-corrected chi connectivity index (χ2v) is 5.73. The molecule has 112 valence electrons. The van der Waals surface area contributed by atoms with E-state index in [9.17, 15) is 9.59 Å². The highest BCUT2D eigenvalue weighted by molar-refractivity contribution is 5.98. The molecule has 21 heavy (non-hydrogen) atoms. The average Bonchev–Trinajstić information content (AvgIpc) is 3.01. The molecule has 0 bridgehead atoms. The summed E-state index contributed by atoms with van der Waals surface area (Å²) in [4.78, 5) is 23.6. The number of ether oxygens (including phenoxy) is 1. The Labute approximate surface area is 124 Å². The number of hydrogen-bond donors (Lipinski definition) is 2. The quantitative estimate of drug-likeness (QED) is 0.892. The summed E-state index contributed by atoms with van der Waals surface area (Å²) in [6, 6.07) is 5.43. The van der Waals surface area contributed by atoms with E-state index in [0.29, 0.717) is 18.4 Å². The Balaban J connectivity index is 1.68. The molecule has 3 rings (SSSR count). The molecule has 1 saturated heterocycles. The summed E-state index contributed by atoms with van der Waals surface area (Å²) in [6.07, 6.45) is 3.33. The molecule has 1 aromatic carbocycles. The van der Waals surface area contributed by atoms with Crippen molar-refractivity contribution in [1.82, 2.24) is 5.32 Å². The number of rotatable bonds is 3. The Morgan fingerprint density at radius 1 is 1.43 bits per heavy atom. The van der Waals surface area contributed by atoms with Crippen LogP contribution < -0.4 is 10.6 Å². The van der Waals surface area contributed by atoms with Gasteiger partial charge in [0.1, 0.15) is 0 Å². The zero-order valence-electron chi connectivity index (χ0n) is 12.1. The normalized spacial score (nSPS) is 22.3. The van der Waals surface area contributed by atoms with Gasteiger partial charge in [-0.2, -0.15) is 0 Å². The number of anilines is 1. The molecule has 0 unspecified atom stereocenters. The van der Waals surface area contributed by atoms with E-state index < -0.39 is 0 Å². The van der Waals surface area contributed by atoms with Crippen LogP contribution in [0.5, 0.6) is 0 Å². The topological polar surface area (TPSA) is 67.4 Å². The molecule has 2 atom stereocenters. The number of hydrogen-bond acceptors (Lipinski definition) is 3. The molecule has 5 heteroatoms. The molecule has 1 fully saturated rings. The lowest BCUT2D eigenvalue weighted by atomic mass is 10.00. The Hall–Kier alpha value is -1.88. The minimum Gasteiger partial charge on any atom is -0.376 e. The van der Waals surface area contributed by atoms with Gasteiger partial charge in [0.2, 0.25) is 5.91 Å². The summed E-state index contributed by atoms with van der Waals surface area (Å²) in [5, 5.41) is 5.82. The van der Waals surface area contributed by atoms with E-state index in [1.54, 1.807) is 12.1 Å². The van der Waals surface area contributed by atoms with Crippen LogP contribution in [-0.4, -0.2) is 30.6 Å². The van der Waals surface area contributed by atoms with Crippen LogP contribution in [-0.2, 0) is 16.0 Å². The molecule has 5 nitrogen and oxygen atoms in total. The highest BCUT2D eigenvalue weighted by Gasteiger charge is 2.24. The fourth-order valence-corrected chi connectivity index (χ4v) is 2.90. The molecule has 0 saturated carbocycles. The summed E-state index contributed by atoms with van der Waals surface area (Å²) in [5.74, 6) is -0.0515. The molecule has 2 amide bonds. The van der Waals surface area contributed by atoms with E-state index in [1.807, 2.05) is 13.0 Å². The van der Waals surface area contributed by atoms with Crippen molar-refractivity contribution in [2.75, 3.05) is 11.9 Å². The van der Waals surface area contributed by atoms with Crippen LogP contribution in [0.15, 0.2) is 18.2 Å². The van der Waals surface area contributed by atoms with Gasteiger partial charge in [-0.15, -0.1) is 0 Å². The Morgan fingerprint density at radius 2 is 2.29 bits per heavy atom. The first-order valence-corrected chi connectivity index (χ1v) is 7.49. The van der Waals surface area contributed by atoms with Crippen molar-refractivity contribution in [3.8, 4) is 0 Å². The maximum absolute atomic E-state index is 12.3. The van der Waals surface area contributed by atoms with E-state index >= 15 is 0 Å². The van der Waals surface area contributed by atoms with Crippen molar-refractivity contribution in [2.45, 2.75) is 44.8 Å². The fourth-order valence-electron chi connectivity index (χ4n) is 2.90. The number of fused-ring (bicyclic) bond motifs is 1. The van der Waals surface area contributed by atoms with Crippen molar-refractivity contribution < 1.29 is 14.3 Å². The van der Waals surface area contributed by atoms with E-state index in [4.69, 9.17) is 4.74 Å². The SMILES string of the molecule is C[C@@H](NC(=O)c1ccc2c(c1)CCC(=O)N2)[C@@H]1CCCO1. The van der Waals surface area contributed by atoms with Gasteiger partial charge in [-0.3, -0.25) is 9.59 Å². The zero-order valence-corrected chi connectivity index (χ0v) is 12.1. The van der Waals surface area contributed by atoms with Crippen LogP contribution in [0, 0.1) is 0 Å². The van der Waals surface area contributed by atoms with Crippen LogP contribution >= 0.6 is 0 Å². The maximum Gasteiger partial charge on any atom is 0.251 e. The monoisotopic (exact) mass is 288 g/mol. The van der Waals surface area contributed by atoms with Gasteiger partial charge in [-0.25, -0.2) is 0 Å². The third-order valence-electron chi connectivity index (χ3n) is 4.14. The van der Waals surface area contributed by atoms with Crippen molar-refractivity contribution in [1.29, 1.82) is 0 Å². The van der Waals surface area contributed by atoms with Crippen molar-refractivity contribution >= 4 is 17.5 Å². The number of carbonyl (C=O) groups is 2. The number of aryl methyl sites for hydroxylation is 1. The Morgan fingerprint density at radius 3 is 3.05 bits per heavy atom. The van der Waals surface area contributed by atoms with Gasteiger partial charge >= 0.3 is 0 Å². The molecule has 1 aromatic rings. The predicted molar refractivity (Wildman–Crippen MR) is 79.3 cm³/mol. The number of carbonyl (C=O) groups excluding carboxylic acids is 2. The first kappa shape index (κ1) is 14.1. The third kappa shape index (κ3) is 3.08. The second kappa shape index (κ2) is 5.85. The standard InChI is InChI=1S/C16H20N2O3/c1-10(14-3-2-8-21-14)17-16(20)12-4-6-13-11(9-12)5-7-15(19)18-13/h4,6,9-10,14H,2-3,5,7-8H2,1H3,(H,17,20)(H,18,19)/t10-,14+/m1/s1. The molecule has 0 aromatic heterocycles. The van der Waals surface area contributed by atoms with Crippen molar-refractivity contribution in [3.63, 3.8) is 0 Å². The highest BCUT2D eigenvalue weighted by atomic mass is 16.5. The smallest absolute Gasteiger partial charge is 0.251 e. The fraction of sp³-hybridized carbons (Fsp3) is 0.500. The van der Waals surface area contributed by atoms with Crippen LogP contribution in [0.2, 0.25) is 0 Å². The minimum absolute atomic E-state index is 0.00994. The summed E-state index contributed by atoms with van der Waals surface area (Å²) in [7, 11) is 0. The van der Waals surface area contributed by atoms with Gasteiger partial charge in [0, 0.05) is 24.3 Å². The Bertz CT molecular complexity index is 565. The van der Waals surface area contributed by atoms with E-state index in [-0.39, 0.29) is 24.0 Å². The minimum atomic E-state index is -0.0855. The van der Waals surface area contributed by atoms with Gasteiger partial charge in [0.15, 0.2) is 0 Å². The summed E-state index contributed by atoms with van der Waals surface area (Å²) < 4.78 is 5.59. The third-order valence-corrected chi connectivity index (χ3v) is 4.14. The van der Waals surface area contributed by atoms with E-state index in [1.165, 1.54) is 0 Å². The molecule has 0 aliphatic carbocycles. The van der Waals surface area contributed by atoms with Crippen LogP contribution in [0.25, 0.3) is 0 Å². The molecule has 2 N–H and O–H groups in total. The van der Waals surface area contributed by atoms with Crippen LogP contribution in [0.4, 0.5) is 5.69 Å². The van der Waals surface area contributed by atoms with Crippen LogP contribution in [0.1, 0.15) is 42.1 Å². The highest BCUT2D eigenvalue weighted by Crippen LogP contribution is 2.24. The molecule has 2 heterocycles. The van der Waals surface area contributed by atoms with Gasteiger partial charge in [-0.05, 0) is 49.9 Å². The first-order valence-electron chi connectivity index (χ1n) is 7.49. The molecule has 0 radical (unpaired) electrons. The second-order valence-electron chi connectivity index (χ2n) is 5.73. The first-order chi connectivity index (χ1) is 10.1. The largest absolute Gasteiger partial charge is 0.376 e. The van der Waals surface area contributed by atoms with Crippen molar-refractivity contribution in [2.24, 2.45) is 0 Å². The lowest BCUT2D eigenvalue weighted by Crippen LogP contribution is -2.40. The summed E-state index contributed by atoms with van der Waals surface area (Å²) in [6.45, 7) is 2.76. The molecule has 2 aliphatic heterocycles. The molecular weight excluding hydrogens is 268 g/mol. The predicted octanol–water partition coefficient (Wildman–Crippen LogP) is 1.87. The lowest BCUT2D eigenvalue weighted by Gasteiger charge is -2.21. The number of amides is 2. The van der Waals surface area contributed by atoms with Crippen molar-refractivity contribution in [3.05, 3.63) is 29.3 Å². The molecule has 2 aliphatic rings. The van der Waals surface area contributed by atoms with Gasteiger partial charge < -0.3 is 15.4 Å². The lowest BCUT2D eigenvalue weighted by molar-refractivity contribution is -0.116. The van der Waals surface area contributed by atoms with Crippen LogP contribution in [0.3, 0.4) is 0 Å². The van der Waals surface area contributed by atoms with Gasteiger partial charge in [0.25, 0.3) is 5.91 Å². The van der Waals surface area contributed by atoms with E-state index in [2.05, 4.69) is 10.6 Å². The van der Waals surface area contributed by atoms with Gasteiger partial charge in [0.05, 0.1) is 12.1 Å². The van der Waals surface area contributed by atoms with Gasteiger partial charge in [-0.1, -0.05) is 0 Å². The molecular formula is C16H20N2O3. The number of benzene rings is 1. The molecule has 0 spiro atoms. The average molecular weight is 288 g/mol. The Kier molecular flexibility index (Phi) is 3.92. The number of nitrogens with one attached hydrogen (secondary N) is 2. The maximum atomic E-state index is 12.3. The summed E-state index contributed by atoms with van der Waals surface area (Å²) >= 11 is 0. The summed E-state index contributed by atoms with van der Waals surface area (Å²) in [5.41, 5.74) is 2.47.